The minimum Gasteiger partial charge on any atom is -0.490 e. The van der Waals surface area contributed by atoms with Gasteiger partial charge in [0, 0.05) is 11.3 Å². The molecule has 0 unspecified atom stereocenters. The number of para-hydroxylation sites is 1. The number of hydrogen-bond donors (Lipinski definition) is 1. The van der Waals surface area contributed by atoms with Gasteiger partial charge in [0.1, 0.15) is 12.3 Å². The molecule has 2 aromatic rings. The number of anilines is 1. The number of thioether (sulfide) groups is 1. The second-order valence-corrected chi connectivity index (χ2v) is 8.43. The minimum absolute atomic E-state index is 0.0263. The zero-order valence-electron chi connectivity index (χ0n) is 18.1. The van der Waals surface area contributed by atoms with Crippen LogP contribution < -0.4 is 10.1 Å². The number of carbonyl (C=O) groups excluding carboxylic acids is 3. The van der Waals surface area contributed by atoms with Crippen molar-refractivity contribution in [1.29, 1.82) is 0 Å². The van der Waals surface area contributed by atoms with E-state index in [1.807, 2.05) is 64.1 Å². The maximum atomic E-state index is 12.8. The molecule has 1 saturated heterocycles. The smallest absolute Gasteiger partial charge is 0.294 e. The fraction of sp³-hybridized carbons (Fsp3) is 0.292. The number of nitrogens with zero attached hydrogens (tertiary/aromatic N) is 1. The molecule has 0 radical (unpaired) electrons. The van der Waals surface area contributed by atoms with Crippen LogP contribution in [0.15, 0.2) is 47.4 Å². The standard InChI is InChI=1S/C24H26N2O4S/c1-5-16(3)30-20-12-7-6-10-18(20)13-21-23(28)26(24(29)31-21)14-22(27)25-19-11-8-9-15(2)17(19)4/h6-13,16H,5,14H2,1-4H3,(H,25,27)/b21-13+/t16-/m0/s1. The summed E-state index contributed by atoms with van der Waals surface area (Å²) in [7, 11) is 0. The highest BCUT2D eigenvalue weighted by molar-refractivity contribution is 8.18. The Morgan fingerprint density at radius 2 is 1.90 bits per heavy atom. The highest BCUT2D eigenvalue weighted by Gasteiger charge is 2.36. The van der Waals surface area contributed by atoms with Gasteiger partial charge in [-0.15, -0.1) is 0 Å². The molecule has 0 bridgehead atoms. The van der Waals surface area contributed by atoms with E-state index in [1.54, 1.807) is 12.1 Å². The van der Waals surface area contributed by atoms with Crippen LogP contribution in [0, 0.1) is 13.8 Å². The molecule has 0 aliphatic carbocycles. The summed E-state index contributed by atoms with van der Waals surface area (Å²) in [5, 5.41) is 2.32. The molecule has 162 valence electrons. The fourth-order valence-corrected chi connectivity index (χ4v) is 3.83. The predicted octanol–water partition coefficient (Wildman–Crippen LogP) is 5.16. The molecule has 7 heteroatoms. The molecule has 3 amide bonds. The van der Waals surface area contributed by atoms with E-state index in [0.717, 1.165) is 34.2 Å². The molecule has 1 atom stereocenters. The lowest BCUT2D eigenvalue weighted by Crippen LogP contribution is -2.36. The van der Waals surface area contributed by atoms with Crippen molar-refractivity contribution in [2.75, 3.05) is 11.9 Å². The summed E-state index contributed by atoms with van der Waals surface area (Å²) in [6.07, 6.45) is 2.52. The Hall–Kier alpha value is -3.06. The van der Waals surface area contributed by atoms with Gasteiger partial charge >= 0.3 is 0 Å². The summed E-state index contributed by atoms with van der Waals surface area (Å²) in [6.45, 7) is 7.53. The number of carbonyl (C=O) groups is 3. The molecule has 6 nitrogen and oxygen atoms in total. The predicted molar refractivity (Wildman–Crippen MR) is 124 cm³/mol. The molecule has 2 aromatic carbocycles. The lowest BCUT2D eigenvalue weighted by atomic mass is 10.1. The lowest BCUT2D eigenvalue weighted by molar-refractivity contribution is -0.127. The zero-order chi connectivity index (χ0) is 22.5. The molecule has 1 heterocycles. The quantitative estimate of drug-likeness (QED) is 0.605. The monoisotopic (exact) mass is 438 g/mol. The maximum absolute atomic E-state index is 12.8. The van der Waals surface area contributed by atoms with Crippen molar-refractivity contribution in [2.24, 2.45) is 0 Å². The SMILES string of the molecule is CC[C@H](C)Oc1ccccc1/C=C1/SC(=O)N(CC(=O)Nc2cccc(C)c2C)C1=O. The number of amides is 3. The van der Waals surface area contributed by atoms with Crippen LogP contribution in [0.1, 0.15) is 37.0 Å². The van der Waals surface area contributed by atoms with Gasteiger partial charge in [0.2, 0.25) is 5.91 Å². The van der Waals surface area contributed by atoms with Gasteiger partial charge in [-0.1, -0.05) is 37.3 Å². The molecule has 3 rings (SSSR count). The van der Waals surface area contributed by atoms with Crippen molar-refractivity contribution < 1.29 is 19.1 Å². The second kappa shape index (κ2) is 9.83. The molecule has 0 saturated carbocycles. The van der Waals surface area contributed by atoms with Crippen LogP contribution in [0.5, 0.6) is 5.75 Å². The third kappa shape index (κ3) is 5.35. The number of ether oxygens (including phenoxy) is 1. The number of rotatable bonds is 7. The average molecular weight is 439 g/mol. The molecular formula is C24H26N2O4S. The van der Waals surface area contributed by atoms with Crippen LogP contribution in [0.2, 0.25) is 0 Å². The van der Waals surface area contributed by atoms with Gasteiger partial charge < -0.3 is 10.1 Å². The molecule has 1 N–H and O–H groups in total. The van der Waals surface area contributed by atoms with Crippen molar-refractivity contribution >= 4 is 40.6 Å². The second-order valence-electron chi connectivity index (χ2n) is 7.44. The first kappa shape index (κ1) is 22.6. The van der Waals surface area contributed by atoms with Crippen LogP contribution in [0.25, 0.3) is 6.08 Å². The van der Waals surface area contributed by atoms with Crippen LogP contribution in [0.4, 0.5) is 10.5 Å². The molecule has 1 aliphatic heterocycles. The van der Waals surface area contributed by atoms with Gasteiger partial charge in [-0.05, 0) is 68.3 Å². The van der Waals surface area contributed by atoms with Gasteiger partial charge in [-0.3, -0.25) is 19.3 Å². The van der Waals surface area contributed by atoms with E-state index >= 15 is 0 Å². The zero-order valence-corrected chi connectivity index (χ0v) is 18.9. The van der Waals surface area contributed by atoms with Crippen molar-refractivity contribution in [1.82, 2.24) is 4.90 Å². The first-order valence-corrected chi connectivity index (χ1v) is 11.0. The maximum Gasteiger partial charge on any atom is 0.294 e. The van der Waals surface area contributed by atoms with E-state index in [0.29, 0.717) is 17.0 Å². The van der Waals surface area contributed by atoms with Crippen molar-refractivity contribution in [3.8, 4) is 5.75 Å². The summed E-state index contributed by atoms with van der Waals surface area (Å²) in [4.78, 5) is 39.0. The van der Waals surface area contributed by atoms with Gasteiger partial charge in [0.15, 0.2) is 0 Å². The lowest BCUT2D eigenvalue weighted by Gasteiger charge is -2.15. The van der Waals surface area contributed by atoms with Gasteiger partial charge in [0.05, 0.1) is 11.0 Å². The molecule has 0 aromatic heterocycles. The summed E-state index contributed by atoms with van der Waals surface area (Å²) in [5.41, 5.74) is 3.38. The first-order chi connectivity index (χ1) is 14.8. The Labute approximate surface area is 186 Å². The molecule has 31 heavy (non-hydrogen) atoms. The van der Waals surface area contributed by atoms with E-state index in [2.05, 4.69) is 5.32 Å². The Bertz CT molecular complexity index is 1050. The van der Waals surface area contributed by atoms with Crippen LogP contribution in [0.3, 0.4) is 0 Å². The van der Waals surface area contributed by atoms with Crippen molar-refractivity contribution in [3.05, 3.63) is 64.1 Å². The highest BCUT2D eigenvalue weighted by Crippen LogP contribution is 2.34. The van der Waals surface area contributed by atoms with E-state index in [9.17, 15) is 14.4 Å². The number of aryl methyl sites for hydroxylation is 1. The minimum atomic E-state index is -0.482. The normalized spacial score (nSPS) is 16.0. The number of benzene rings is 2. The third-order valence-corrected chi connectivity index (χ3v) is 6.07. The highest BCUT2D eigenvalue weighted by atomic mass is 32.2. The number of nitrogens with one attached hydrogen (secondary N) is 1. The number of hydrogen-bond acceptors (Lipinski definition) is 5. The molecule has 0 spiro atoms. The molecular weight excluding hydrogens is 412 g/mol. The van der Waals surface area contributed by atoms with Gasteiger partial charge in [-0.25, -0.2) is 0 Å². The van der Waals surface area contributed by atoms with E-state index in [-0.39, 0.29) is 17.6 Å². The fourth-order valence-electron chi connectivity index (χ4n) is 3.00. The van der Waals surface area contributed by atoms with Gasteiger partial charge in [-0.2, -0.15) is 0 Å². The number of imide groups is 1. The summed E-state index contributed by atoms with van der Waals surface area (Å²) in [5.74, 6) is -0.251. The topological polar surface area (TPSA) is 75.7 Å². The van der Waals surface area contributed by atoms with Crippen LogP contribution >= 0.6 is 11.8 Å². The van der Waals surface area contributed by atoms with E-state index in [1.165, 1.54) is 0 Å². The molecule has 1 aliphatic rings. The molecule has 1 fully saturated rings. The third-order valence-electron chi connectivity index (χ3n) is 5.16. The summed E-state index contributed by atoms with van der Waals surface area (Å²) < 4.78 is 5.92. The van der Waals surface area contributed by atoms with E-state index < -0.39 is 17.1 Å². The Balaban J connectivity index is 1.74. The Morgan fingerprint density at radius 1 is 1.16 bits per heavy atom. The Morgan fingerprint density at radius 3 is 2.65 bits per heavy atom. The first-order valence-electron chi connectivity index (χ1n) is 10.2. The van der Waals surface area contributed by atoms with Crippen LogP contribution in [-0.4, -0.2) is 34.6 Å². The summed E-state index contributed by atoms with van der Waals surface area (Å²) in [6, 6.07) is 13.0. The average Bonchev–Trinajstić information content (AvgIpc) is 3.00. The van der Waals surface area contributed by atoms with Crippen molar-refractivity contribution in [2.45, 2.75) is 40.2 Å². The Kier molecular flexibility index (Phi) is 7.17. The van der Waals surface area contributed by atoms with Gasteiger partial charge in [0.25, 0.3) is 11.1 Å². The largest absolute Gasteiger partial charge is 0.490 e. The van der Waals surface area contributed by atoms with Crippen molar-refractivity contribution in [3.63, 3.8) is 0 Å². The van der Waals surface area contributed by atoms with E-state index in [4.69, 9.17) is 4.74 Å². The summed E-state index contributed by atoms with van der Waals surface area (Å²) >= 11 is 0.827. The van der Waals surface area contributed by atoms with Crippen LogP contribution in [-0.2, 0) is 9.59 Å².